The molecule has 6 heteroatoms. The highest BCUT2D eigenvalue weighted by Crippen LogP contribution is 2.32. The molecule has 0 aromatic carbocycles. The Labute approximate surface area is 129 Å². The molecule has 2 aliphatic rings. The fourth-order valence-corrected chi connectivity index (χ4v) is 3.45. The number of nitrogens with one attached hydrogen (secondary N) is 2. The van der Waals surface area contributed by atoms with Gasteiger partial charge in [0.1, 0.15) is 11.6 Å². The molecule has 1 aliphatic carbocycles. The molecule has 0 saturated carbocycles. The standard InChI is InChI=1S/C16H19N5O/c1-10-9-13(15-17-7-8-21(10)15)19-16(22)20-14-6-5-11-3-2-4-12(11)18-14/h5-8,10,13H,2-4,9H2,1H3,(H2,18,19,20,22). The van der Waals surface area contributed by atoms with Crippen LogP contribution in [0.4, 0.5) is 10.6 Å². The van der Waals surface area contributed by atoms with Crippen molar-refractivity contribution >= 4 is 11.8 Å². The van der Waals surface area contributed by atoms with Crippen molar-refractivity contribution in [2.24, 2.45) is 0 Å². The van der Waals surface area contributed by atoms with Gasteiger partial charge in [0, 0.05) is 24.1 Å². The number of hydrogen-bond donors (Lipinski definition) is 2. The maximum Gasteiger partial charge on any atom is 0.320 e. The van der Waals surface area contributed by atoms with Gasteiger partial charge in [-0.2, -0.15) is 0 Å². The molecule has 2 atom stereocenters. The predicted molar refractivity (Wildman–Crippen MR) is 82.7 cm³/mol. The minimum absolute atomic E-state index is 0.0422. The van der Waals surface area contributed by atoms with Crippen molar-refractivity contribution in [2.75, 3.05) is 5.32 Å². The van der Waals surface area contributed by atoms with Crippen LogP contribution in [0.1, 0.15) is 48.9 Å². The van der Waals surface area contributed by atoms with Gasteiger partial charge in [0.2, 0.25) is 0 Å². The molecule has 2 N–H and O–H groups in total. The number of fused-ring (bicyclic) bond motifs is 2. The summed E-state index contributed by atoms with van der Waals surface area (Å²) >= 11 is 0. The third-order valence-electron chi connectivity index (χ3n) is 4.54. The van der Waals surface area contributed by atoms with Crippen LogP contribution >= 0.6 is 0 Å². The van der Waals surface area contributed by atoms with E-state index in [1.807, 2.05) is 12.3 Å². The highest BCUT2D eigenvalue weighted by Gasteiger charge is 2.30. The Morgan fingerprint density at radius 2 is 2.27 bits per heavy atom. The Morgan fingerprint density at radius 1 is 1.36 bits per heavy atom. The second-order valence-corrected chi connectivity index (χ2v) is 6.08. The molecule has 1 aliphatic heterocycles. The second kappa shape index (κ2) is 5.12. The maximum atomic E-state index is 12.2. The Hall–Kier alpha value is -2.37. The summed E-state index contributed by atoms with van der Waals surface area (Å²) < 4.78 is 2.11. The van der Waals surface area contributed by atoms with Crippen molar-refractivity contribution < 1.29 is 4.79 Å². The zero-order chi connectivity index (χ0) is 15.1. The summed E-state index contributed by atoms with van der Waals surface area (Å²) in [5.74, 6) is 1.54. The number of anilines is 1. The number of pyridine rings is 1. The first kappa shape index (κ1) is 13.3. The van der Waals surface area contributed by atoms with E-state index < -0.39 is 0 Å². The van der Waals surface area contributed by atoms with Crippen LogP contribution in [0.25, 0.3) is 0 Å². The molecule has 22 heavy (non-hydrogen) atoms. The normalized spacial score (nSPS) is 22.2. The van der Waals surface area contributed by atoms with Crippen LogP contribution in [0.15, 0.2) is 24.5 Å². The molecule has 2 aromatic heterocycles. The molecule has 4 rings (SSSR count). The SMILES string of the molecule is CC1CC(NC(=O)Nc2ccc3c(n2)CCC3)c2nccn21. The smallest absolute Gasteiger partial charge is 0.320 e. The van der Waals surface area contributed by atoms with Crippen molar-refractivity contribution in [3.63, 3.8) is 0 Å². The van der Waals surface area contributed by atoms with Crippen molar-refractivity contribution in [2.45, 2.75) is 44.7 Å². The van der Waals surface area contributed by atoms with Crippen molar-refractivity contribution in [1.82, 2.24) is 19.9 Å². The highest BCUT2D eigenvalue weighted by atomic mass is 16.2. The topological polar surface area (TPSA) is 71.8 Å². The summed E-state index contributed by atoms with van der Waals surface area (Å²) in [6, 6.07) is 4.04. The van der Waals surface area contributed by atoms with E-state index in [0.29, 0.717) is 11.9 Å². The lowest BCUT2D eigenvalue weighted by Crippen LogP contribution is -2.32. The second-order valence-electron chi connectivity index (χ2n) is 6.08. The molecule has 0 saturated heterocycles. The minimum atomic E-state index is -0.223. The van der Waals surface area contributed by atoms with E-state index in [9.17, 15) is 4.79 Å². The maximum absolute atomic E-state index is 12.2. The molecule has 0 bridgehead atoms. The first-order valence-corrected chi connectivity index (χ1v) is 7.80. The van der Waals surface area contributed by atoms with E-state index >= 15 is 0 Å². The average molecular weight is 297 g/mol. The number of imidazole rings is 1. The lowest BCUT2D eigenvalue weighted by molar-refractivity contribution is 0.248. The number of carbonyl (C=O) groups is 1. The quantitative estimate of drug-likeness (QED) is 0.895. The van der Waals surface area contributed by atoms with E-state index in [0.717, 1.165) is 37.2 Å². The summed E-state index contributed by atoms with van der Waals surface area (Å²) in [6.07, 6.45) is 7.86. The number of urea groups is 1. The van der Waals surface area contributed by atoms with E-state index in [2.05, 4.69) is 38.2 Å². The zero-order valence-corrected chi connectivity index (χ0v) is 12.5. The van der Waals surface area contributed by atoms with Crippen molar-refractivity contribution in [1.29, 1.82) is 0 Å². The van der Waals surface area contributed by atoms with Crippen LogP contribution < -0.4 is 10.6 Å². The molecule has 2 amide bonds. The molecule has 2 unspecified atom stereocenters. The molecule has 3 heterocycles. The number of amides is 2. The highest BCUT2D eigenvalue weighted by molar-refractivity contribution is 5.88. The Morgan fingerprint density at radius 3 is 3.18 bits per heavy atom. The third-order valence-corrected chi connectivity index (χ3v) is 4.54. The van der Waals surface area contributed by atoms with Crippen LogP contribution in [0.5, 0.6) is 0 Å². The van der Waals surface area contributed by atoms with Crippen molar-refractivity contribution in [3.8, 4) is 0 Å². The number of rotatable bonds is 2. The van der Waals surface area contributed by atoms with Gasteiger partial charge >= 0.3 is 6.03 Å². The van der Waals surface area contributed by atoms with Gasteiger partial charge in [-0.15, -0.1) is 0 Å². The summed E-state index contributed by atoms with van der Waals surface area (Å²) in [7, 11) is 0. The molecule has 6 nitrogen and oxygen atoms in total. The van der Waals surface area contributed by atoms with E-state index in [4.69, 9.17) is 0 Å². The van der Waals surface area contributed by atoms with Crippen LogP contribution in [0.3, 0.4) is 0 Å². The molecule has 0 radical (unpaired) electrons. The molecular formula is C16H19N5O. The largest absolute Gasteiger partial charge is 0.330 e. The minimum Gasteiger partial charge on any atom is -0.330 e. The monoisotopic (exact) mass is 297 g/mol. The molecule has 114 valence electrons. The number of aryl methyl sites for hydroxylation is 2. The van der Waals surface area contributed by atoms with Gasteiger partial charge < -0.3 is 9.88 Å². The van der Waals surface area contributed by atoms with Gasteiger partial charge in [0.05, 0.1) is 6.04 Å². The lowest BCUT2D eigenvalue weighted by Gasteiger charge is -2.13. The fraction of sp³-hybridized carbons (Fsp3) is 0.438. The first-order valence-electron chi connectivity index (χ1n) is 7.80. The van der Waals surface area contributed by atoms with Gasteiger partial charge in [-0.25, -0.2) is 14.8 Å². The van der Waals surface area contributed by atoms with E-state index in [1.165, 1.54) is 5.56 Å². The molecule has 0 spiro atoms. The third kappa shape index (κ3) is 2.24. The molecular weight excluding hydrogens is 278 g/mol. The van der Waals surface area contributed by atoms with E-state index in [1.54, 1.807) is 6.20 Å². The van der Waals surface area contributed by atoms with E-state index in [-0.39, 0.29) is 12.1 Å². The number of carbonyl (C=O) groups excluding carboxylic acids is 1. The lowest BCUT2D eigenvalue weighted by atomic mass is 10.2. The summed E-state index contributed by atoms with van der Waals surface area (Å²) in [6.45, 7) is 2.13. The first-order chi connectivity index (χ1) is 10.7. The van der Waals surface area contributed by atoms with Gasteiger partial charge in [-0.3, -0.25) is 5.32 Å². The van der Waals surface area contributed by atoms with Crippen LogP contribution in [0.2, 0.25) is 0 Å². The zero-order valence-electron chi connectivity index (χ0n) is 12.5. The van der Waals surface area contributed by atoms with Gasteiger partial charge in [0.25, 0.3) is 0 Å². The van der Waals surface area contributed by atoms with Crippen LogP contribution in [-0.4, -0.2) is 20.6 Å². The number of aromatic nitrogens is 3. The van der Waals surface area contributed by atoms with Crippen LogP contribution in [-0.2, 0) is 12.8 Å². The summed E-state index contributed by atoms with van der Waals surface area (Å²) in [5.41, 5.74) is 2.42. The van der Waals surface area contributed by atoms with Gasteiger partial charge in [-0.1, -0.05) is 6.07 Å². The number of hydrogen-bond acceptors (Lipinski definition) is 3. The summed E-state index contributed by atoms with van der Waals surface area (Å²) in [5, 5.41) is 5.83. The van der Waals surface area contributed by atoms with Gasteiger partial charge in [-0.05, 0) is 44.2 Å². The predicted octanol–water partition coefficient (Wildman–Crippen LogP) is 2.59. The average Bonchev–Trinajstić information content (AvgIpc) is 3.18. The Bertz CT molecular complexity index is 723. The fourth-order valence-electron chi connectivity index (χ4n) is 3.45. The Kier molecular flexibility index (Phi) is 3.10. The molecule has 0 fully saturated rings. The number of nitrogens with zero attached hydrogens (tertiary/aromatic N) is 3. The Balaban J connectivity index is 1.43. The molecule has 2 aromatic rings. The summed E-state index contributed by atoms with van der Waals surface area (Å²) in [4.78, 5) is 21.1. The van der Waals surface area contributed by atoms with Gasteiger partial charge in [0.15, 0.2) is 0 Å². The van der Waals surface area contributed by atoms with Crippen molar-refractivity contribution in [3.05, 3.63) is 41.6 Å². The van der Waals surface area contributed by atoms with Crippen LogP contribution in [0, 0.1) is 0 Å².